The molecule has 0 radical (unpaired) electrons. The average molecular weight is 335 g/mol. The molecule has 0 aromatic rings. The van der Waals surface area contributed by atoms with E-state index >= 15 is 0 Å². The van der Waals surface area contributed by atoms with Crippen LogP contribution in [0, 0.1) is 35.5 Å². The smallest absolute Gasteiger partial charge is 0.305 e. The van der Waals surface area contributed by atoms with E-state index in [-0.39, 0.29) is 5.97 Å². The number of esters is 1. The summed E-state index contributed by atoms with van der Waals surface area (Å²) in [6, 6.07) is 0. The summed E-state index contributed by atoms with van der Waals surface area (Å²) in [5.41, 5.74) is 0. The molecule has 24 heavy (non-hydrogen) atoms. The molecule has 0 aromatic carbocycles. The van der Waals surface area contributed by atoms with Gasteiger partial charge in [0.15, 0.2) is 0 Å². The van der Waals surface area contributed by atoms with Crippen LogP contribution in [0.1, 0.15) is 90.4 Å². The lowest BCUT2D eigenvalue weighted by molar-refractivity contribution is -0.140. The monoisotopic (exact) mass is 334 g/mol. The molecule has 2 nitrogen and oxygen atoms in total. The number of unbranched alkanes of at least 4 members (excludes halogenated alkanes) is 4. The van der Waals surface area contributed by atoms with Crippen LogP contribution in [0.2, 0.25) is 0 Å². The maximum absolute atomic E-state index is 11.0. The van der Waals surface area contributed by atoms with Crippen LogP contribution in [0.25, 0.3) is 0 Å². The van der Waals surface area contributed by atoms with E-state index in [2.05, 4.69) is 11.7 Å². The zero-order valence-electron chi connectivity index (χ0n) is 16.0. The van der Waals surface area contributed by atoms with E-state index < -0.39 is 0 Å². The molecule has 0 spiro atoms. The lowest BCUT2D eigenvalue weighted by Gasteiger charge is -2.03. The summed E-state index contributed by atoms with van der Waals surface area (Å²) in [6.07, 6.45) is 17.5. The molecule has 0 heterocycles. The summed E-state index contributed by atoms with van der Waals surface area (Å²) in [5, 5.41) is 0. The summed E-state index contributed by atoms with van der Waals surface area (Å²) < 4.78 is 4.67. The average Bonchev–Trinajstić information content (AvgIpc) is 3.48. The summed E-state index contributed by atoms with van der Waals surface area (Å²) in [4.78, 5) is 11.0. The maximum Gasteiger partial charge on any atom is 0.305 e. The summed E-state index contributed by atoms with van der Waals surface area (Å²) in [6.45, 7) is 2.36. The van der Waals surface area contributed by atoms with Crippen molar-refractivity contribution in [3.63, 3.8) is 0 Å². The molecule has 138 valence electrons. The van der Waals surface area contributed by atoms with Crippen molar-refractivity contribution in [1.82, 2.24) is 0 Å². The predicted molar refractivity (Wildman–Crippen MR) is 98.7 cm³/mol. The highest BCUT2D eigenvalue weighted by Crippen LogP contribution is 2.58. The first-order valence-corrected chi connectivity index (χ1v) is 10.8. The van der Waals surface area contributed by atoms with Gasteiger partial charge in [-0.05, 0) is 74.0 Å². The van der Waals surface area contributed by atoms with E-state index in [0.29, 0.717) is 6.42 Å². The van der Waals surface area contributed by atoms with Crippen LogP contribution in [0.4, 0.5) is 0 Å². The molecule has 3 fully saturated rings. The number of hydrogen-bond acceptors (Lipinski definition) is 2. The van der Waals surface area contributed by atoms with Gasteiger partial charge < -0.3 is 4.74 Å². The first-order chi connectivity index (χ1) is 11.7. The molecular weight excluding hydrogens is 296 g/mol. The van der Waals surface area contributed by atoms with E-state index in [1.54, 1.807) is 25.7 Å². The predicted octanol–water partition coefficient (Wildman–Crippen LogP) is 5.99. The number of methoxy groups -OCH3 is 1. The van der Waals surface area contributed by atoms with Crippen molar-refractivity contribution in [2.45, 2.75) is 90.4 Å². The lowest BCUT2D eigenvalue weighted by Crippen LogP contribution is -1.99. The first-order valence-electron chi connectivity index (χ1n) is 10.8. The van der Waals surface area contributed by atoms with Crippen LogP contribution in [-0.2, 0) is 9.53 Å². The van der Waals surface area contributed by atoms with Crippen molar-refractivity contribution in [3.8, 4) is 0 Å². The number of rotatable bonds is 13. The number of hydrogen-bond donors (Lipinski definition) is 0. The fourth-order valence-electron chi connectivity index (χ4n) is 5.03. The van der Waals surface area contributed by atoms with E-state index in [4.69, 9.17) is 0 Å². The maximum atomic E-state index is 11.0. The van der Waals surface area contributed by atoms with Gasteiger partial charge in [0.2, 0.25) is 0 Å². The van der Waals surface area contributed by atoms with Crippen molar-refractivity contribution in [2.75, 3.05) is 7.11 Å². The summed E-state index contributed by atoms with van der Waals surface area (Å²) >= 11 is 0. The van der Waals surface area contributed by atoms with Gasteiger partial charge in [0.25, 0.3) is 0 Å². The number of carbonyl (C=O) groups excluding carboxylic acids is 1. The van der Waals surface area contributed by atoms with Gasteiger partial charge in [-0.15, -0.1) is 0 Å². The molecule has 3 aliphatic rings. The van der Waals surface area contributed by atoms with Crippen LogP contribution in [-0.4, -0.2) is 13.1 Å². The number of carbonyl (C=O) groups is 1. The van der Waals surface area contributed by atoms with E-state index in [1.165, 1.54) is 52.1 Å². The quantitative estimate of drug-likeness (QED) is 0.305. The fraction of sp³-hybridized carbons (Fsp3) is 0.955. The minimum atomic E-state index is -0.0545. The molecule has 0 N–H and O–H groups in total. The minimum absolute atomic E-state index is 0.0545. The largest absolute Gasteiger partial charge is 0.469 e. The summed E-state index contributed by atoms with van der Waals surface area (Å²) in [7, 11) is 1.48. The zero-order valence-corrected chi connectivity index (χ0v) is 16.0. The second kappa shape index (κ2) is 8.72. The topological polar surface area (TPSA) is 26.3 Å². The van der Waals surface area contributed by atoms with Crippen LogP contribution in [0.15, 0.2) is 0 Å². The Labute approximate surface area is 149 Å². The minimum Gasteiger partial charge on any atom is -0.469 e. The van der Waals surface area contributed by atoms with Gasteiger partial charge in [0, 0.05) is 6.42 Å². The van der Waals surface area contributed by atoms with Crippen molar-refractivity contribution < 1.29 is 9.53 Å². The van der Waals surface area contributed by atoms with Gasteiger partial charge in [-0.3, -0.25) is 4.79 Å². The highest BCUT2D eigenvalue weighted by Gasteiger charge is 2.48. The van der Waals surface area contributed by atoms with Crippen molar-refractivity contribution in [2.24, 2.45) is 35.5 Å². The van der Waals surface area contributed by atoms with Crippen molar-refractivity contribution in [3.05, 3.63) is 0 Å². The summed E-state index contributed by atoms with van der Waals surface area (Å²) in [5.74, 6) is 6.60. The Balaban J connectivity index is 1.12. The van der Waals surface area contributed by atoms with Crippen molar-refractivity contribution >= 4 is 5.97 Å². The van der Waals surface area contributed by atoms with E-state index in [1.807, 2.05) is 0 Å². The van der Waals surface area contributed by atoms with Crippen LogP contribution in [0.5, 0.6) is 0 Å². The molecular formula is C22H38O2. The highest BCUT2D eigenvalue weighted by atomic mass is 16.5. The molecule has 0 saturated heterocycles. The van der Waals surface area contributed by atoms with Gasteiger partial charge >= 0.3 is 5.97 Å². The first kappa shape index (κ1) is 18.3. The Hall–Kier alpha value is -0.530. The van der Waals surface area contributed by atoms with Gasteiger partial charge in [-0.2, -0.15) is 0 Å². The fourth-order valence-corrected chi connectivity index (χ4v) is 5.03. The van der Waals surface area contributed by atoms with Crippen molar-refractivity contribution in [1.29, 1.82) is 0 Å². The molecule has 0 amide bonds. The Morgan fingerprint density at radius 2 is 1.33 bits per heavy atom. The Morgan fingerprint density at radius 3 is 2.00 bits per heavy atom. The molecule has 3 saturated carbocycles. The van der Waals surface area contributed by atoms with Gasteiger partial charge in [-0.1, -0.05) is 45.4 Å². The highest BCUT2D eigenvalue weighted by molar-refractivity contribution is 5.68. The molecule has 6 atom stereocenters. The molecule has 0 aliphatic heterocycles. The number of ether oxygens (including phenoxy) is 1. The second-order valence-electron chi connectivity index (χ2n) is 9.03. The SMILES string of the molecule is CCC1CC1CC1CC1CC1CC1CCCCCCCC(=O)OC. The Bertz CT molecular complexity index is 405. The van der Waals surface area contributed by atoms with Gasteiger partial charge in [0.1, 0.15) is 0 Å². The standard InChI is InChI=1S/C22H38O2/c1-3-16-11-18(16)13-20-15-21(20)14-19-12-17(19)9-7-5-4-6-8-10-22(23)24-2/h16-21H,3-15H2,1-2H3. The lowest BCUT2D eigenvalue weighted by atomic mass is 10.0. The molecule has 3 rings (SSSR count). The van der Waals surface area contributed by atoms with E-state index in [9.17, 15) is 4.79 Å². The molecule has 6 unspecified atom stereocenters. The van der Waals surface area contributed by atoms with Crippen LogP contribution >= 0.6 is 0 Å². The Kier molecular flexibility index (Phi) is 6.63. The van der Waals surface area contributed by atoms with E-state index in [0.717, 1.165) is 41.9 Å². The van der Waals surface area contributed by atoms with Crippen LogP contribution < -0.4 is 0 Å². The Morgan fingerprint density at radius 1 is 0.792 bits per heavy atom. The molecule has 2 heteroatoms. The second-order valence-corrected chi connectivity index (χ2v) is 9.03. The third-order valence-electron chi connectivity index (χ3n) is 7.13. The zero-order chi connectivity index (χ0) is 16.9. The van der Waals surface area contributed by atoms with Crippen LogP contribution in [0.3, 0.4) is 0 Å². The van der Waals surface area contributed by atoms with Gasteiger partial charge in [0.05, 0.1) is 7.11 Å². The molecule has 0 aromatic heterocycles. The van der Waals surface area contributed by atoms with Gasteiger partial charge in [-0.25, -0.2) is 0 Å². The third-order valence-corrected chi connectivity index (χ3v) is 7.13. The molecule has 0 bridgehead atoms. The molecule has 3 aliphatic carbocycles. The third kappa shape index (κ3) is 5.77. The normalized spacial score (nSPS) is 36.4.